The molecule has 1 N–H and O–H groups in total. The number of morpholine rings is 1. The van der Waals surface area contributed by atoms with Crippen LogP contribution in [0.4, 0.5) is 5.00 Å². The minimum atomic E-state index is -0.162. The maximum Gasteiger partial charge on any atom is 0.257 e. The number of benzene rings is 1. The van der Waals surface area contributed by atoms with E-state index in [9.17, 15) is 9.59 Å². The van der Waals surface area contributed by atoms with Crippen LogP contribution in [0.25, 0.3) is 10.4 Å². The van der Waals surface area contributed by atoms with Crippen LogP contribution in [0.5, 0.6) is 0 Å². The molecule has 1 aliphatic carbocycles. The molecule has 0 spiro atoms. The number of ether oxygens (including phenoxy) is 1. The Labute approximate surface area is 206 Å². The molecule has 3 heterocycles. The van der Waals surface area contributed by atoms with Gasteiger partial charge in [0, 0.05) is 24.0 Å². The van der Waals surface area contributed by atoms with Crippen LogP contribution in [0.3, 0.4) is 0 Å². The molecule has 0 bridgehead atoms. The number of thiophene rings is 1. The van der Waals surface area contributed by atoms with Gasteiger partial charge >= 0.3 is 0 Å². The zero-order valence-corrected chi connectivity index (χ0v) is 20.9. The summed E-state index contributed by atoms with van der Waals surface area (Å²) >= 11 is 2.83. The molecule has 178 valence electrons. The summed E-state index contributed by atoms with van der Waals surface area (Å²) in [6, 6.07) is 10.4. The number of nitrogens with zero attached hydrogens (tertiary/aromatic N) is 4. The van der Waals surface area contributed by atoms with Crippen molar-refractivity contribution in [1.82, 2.24) is 19.7 Å². The third kappa shape index (κ3) is 4.75. The van der Waals surface area contributed by atoms with Crippen molar-refractivity contribution in [3.8, 4) is 10.4 Å². The zero-order valence-electron chi connectivity index (χ0n) is 19.2. The first-order valence-electron chi connectivity index (χ1n) is 11.4. The van der Waals surface area contributed by atoms with E-state index in [-0.39, 0.29) is 17.6 Å². The summed E-state index contributed by atoms with van der Waals surface area (Å²) in [6.07, 6.45) is 2.25. The van der Waals surface area contributed by atoms with E-state index < -0.39 is 0 Å². The summed E-state index contributed by atoms with van der Waals surface area (Å²) in [5.41, 5.74) is 2.49. The second kappa shape index (κ2) is 9.89. The predicted octanol–water partition coefficient (Wildman–Crippen LogP) is 4.16. The van der Waals surface area contributed by atoms with Crippen molar-refractivity contribution in [1.29, 1.82) is 0 Å². The van der Waals surface area contributed by atoms with Crippen molar-refractivity contribution in [2.45, 2.75) is 37.9 Å². The fourth-order valence-electron chi connectivity index (χ4n) is 4.14. The standard InChI is InChI=1S/C24H27N5O3S2/c1-15-20(23(31)28-10-12-32-13-11-28)22(34-21(15)17-6-4-3-5-7-17)25-19(30)14-33-24-27-26-16(2)29(24)18-8-9-18/h3-7,18H,8-14H2,1-2H3,(H,25,30). The Morgan fingerprint density at radius 1 is 1.15 bits per heavy atom. The number of aryl methyl sites for hydroxylation is 1. The maximum atomic E-state index is 13.5. The first kappa shape index (κ1) is 23.1. The molecule has 34 heavy (non-hydrogen) atoms. The zero-order chi connectivity index (χ0) is 23.7. The summed E-state index contributed by atoms with van der Waals surface area (Å²) in [5, 5.41) is 12.8. The van der Waals surface area contributed by atoms with Gasteiger partial charge in [0.1, 0.15) is 10.8 Å². The fourth-order valence-corrected chi connectivity index (χ4v) is 6.21. The highest BCUT2D eigenvalue weighted by Crippen LogP contribution is 2.41. The molecule has 0 radical (unpaired) electrons. The summed E-state index contributed by atoms with van der Waals surface area (Å²) in [4.78, 5) is 29.2. The van der Waals surface area contributed by atoms with E-state index in [2.05, 4.69) is 20.1 Å². The molecule has 2 aliphatic rings. The lowest BCUT2D eigenvalue weighted by molar-refractivity contribution is -0.113. The second-order valence-corrected chi connectivity index (χ2v) is 10.5. The van der Waals surface area contributed by atoms with Gasteiger partial charge in [-0.05, 0) is 37.8 Å². The lowest BCUT2D eigenvalue weighted by Gasteiger charge is -2.27. The first-order valence-corrected chi connectivity index (χ1v) is 13.2. The van der Waals surface area contributed by atoms with E-state index in [4.69, 9.17) is 4.74 Å². The lowest BCUT2D eigenvalue weighted by Crippen LogP contribution is -2.41. The van der Waals surface area contributed by atoms with Gasteiger partial charge in [-0.3, -0.25) is 9.59 Å². The molecule has 3 aromatic rings. The Morgan fingerprint density at radius 2 is 1.88 bits per heavy atom. The van der Waals surface area contributed by atoms with Gasteiger partial charge in [0.15, 0.2) is 5.16 Å². The largest absolute Gasteiger partial charge is 0.378 e. The van der Waals surface area contributed by atoms with Gasteiger partial charge in [0.05, 0.1) is 24.5 Å². The molecule has 5 rings (SSSR count). The van der Waals surface area contributed by atoms with E-state index in [1.54, 1.807) is 4.90 Å². The summed E-state index contributed by atoms with van der Waals surface area (Å²) in [7, 11) is 0. The molecule has 10 heteroatoms. The molecule has 2 fully saturated rings. The van der Waals surface area contributed by atoms with Crippen LogP contribution in [-0.2, 0) is 9.53 Å². The summed E-state index contributed by atoms with van der Waals surface area (Å²) in [5.74, 6) is 0.856. The quantitative estimate of drug-likeness (QED) is 0.493. The van der Waals surface area contributed by atoms with Gasteiger partial charge in [-0.1, -0.05) is 42.1 Å². The summed E-state index contributed by atoms with van der Waals surface area (Å²) in [6.45, 7) is 6.05. The highest BCUT2D eigenvalue weighted by molar-refractivity contribution is 7.99. The van der Waals surface area contributed by atoms with Gasteiger partial charge in [-0.25, -0.2) is 0 Å². The van der Waals surface area contributed by atoms with Crippen LogP contribution in [0.2, 0.25) is 0 Å². The highest BCUT2D eigenvalue weighted by Gasteiger charge is 2.30. The number of thioether (sulfide) groups is 1. The number of aromatic nitrogens is 3. The van der Waals surface area contributed by atoms with Crippen LogP contribution >= 0.6 is 23.1 Å². The SMILES string of the molecule is Cc1c(-c2ccccc2)sc(NC(=O)CSc2nnc(C)n2C2CC2)c1C(=O)N1CCOCC1. The smallest absolute Gasteiger partial charge is 0.257 e. The topological polar surface area (TPSA) is 89.3 Å². The van der Waals surface area contributed by atoms with Crippen molar-refractivity contribution in [2.75, 3.05) is 37.4 Å². The van der Waals surface area contributed by atoms with Crippen LogP contribution in [0.15, 0.2) is 35.5 Å². The number of anilines is 1. The van der Waals surface area contributed by atoms with E-state index in [1.165, 1.54) is 23.1 Å². The average Bonchev–Trinajstić information content (AvgIpc) is 3.55. The van der Waals surface area contributed by atoms with Gasteiger partial charge in [0.25, 0.3) is 5.91 Å². The Morgan fingerprint density at radius 3 is 2.59 bits per heavy atom. The third-order valence-corrected chi connectivity index (χ3v) is 8.23. The monoisotopic (exact) mass is 497 g/mol. The highest BCUT2D eigenvalue weighted by atomic mass is 32.2. The molecule has 2 amide bonds. The second-order valence-electron chi connectivity index (χ2n) is 8.50. The average molecular weight is 498 g/mol. The lowest BCUT2D eigenvalue weighted by atomic mass is 10.1. The number of carbonyl (C=O) groups excluding carboxylic acids is 2. The van der Waals surface area contributed by atoms with E-state index >= 15 is 0 Å². The van der Waals surface area contributed by atoms with Crippen molar-refractivity contribution >= 4 is 39.9 Å². The molecule has 1 saturated heterocycles. The van der Waals surface area contributed by atoms with Crippen LogP contribution in [0, 0.1) is 13.8 Å². The van der Waals surface area contributed by atoms with Gasteiger partial charge in [-0.15, -0.1) is 21.5 Å². The van der Waals surface area contributed by atoms with Crippen LogP contribution < -0.4 is 5.32 Å². The number of hydrogen-bond acceptors (Lipinski definition) is 7. The molecule has 1 aromatic carbocycles. The van der Waals surface area contributed by atoms with Crippen molar-refractivity contribution in [3.05, 3.63) is 47.3 Å². The molecule has 1 saturated carbocycles. The minimum absolute atomic E-state index is 0.0636. The minimum Gasteiger partial charge on any atom is -0.378 e. The van der Waals surface area contributed by atoms with Crippen LogP contribution in [0.1, 0.15) is 40.6 Å². The number of nitrogens with one attached hydrogen (secondary N) is 1. The van der Waals surface area contributed by atoms with Gasteiger partial charge in [0.2, 0.25) is 5.91 Å². The van der Waals surface area contributed by atoms with Gasteiger partial charge in [-0.2, -0.15) is 0 Å². The first-order chi connectivity index (χ1) is 16.5. The summed E-state index contributed by atoms with van der Waals surface area (Å²) < 4.78 is 7.53. The van der Waals surface area contributed by atoms with E-state index in [0.717, 1.165) is 39.8 Å². The predicted molar refractivity (Wildman–Crippen MR) is 134 cm³/mol. The molecule has 0 atom stereocenters. The van der Waals surface area contributed by atoms with E-state index in [1.807, 2.05) is 44.2 Å². The maximum absolute atomic E-state index is 13.5. The van der Waals surface area contributed by atoms with Crippen LogP contribution in [-0.4, -0.2) is 63.5 Å². The molecule has 1 aliphatic heterocycles. The van der Waals surface area contributed by atoms with Crippen molar-refractivity contribution < 1.29 is 14.3 Å². The normalized spacial score (nSPS) is 16.0. The van der Waals surface area contributed by atoms with Crippen molar-refractivity contribution in [2.24, 2.45) is 0 Å². The Kier molecular flexibility index (Phi) is 6.71. The van der Waals surface area contributed by atoms with E-state index in [0.29, 0.717) is 42.9 Å². The molecule has 8 nitrogen and oxygen atoms in total. The fraction of sp³-hybridized carbons (Fsp3) is 0.417. The number of carbonyl (C=O) groups is 2. The Bertz CT molecular complexity index is 1200. The Balaban J connectivity index is 1.38. The number of rotatable bonds is 7. The molecular weight excluding hydrogens is 470 g/mol. The molecule has 2 aromatic heterocycles. The van der Waals surface area contributed by atoms with Crippen molar-refractivity contribution in [3.63, 3.8) is 0 Å². The molecule has 0 unspecified atom stereocenters. The molecular formula is C24H27N5O3S2. The van der Waals surface area contributed by atoms with Gasteiger partial charge < -0.3 is 19.5 Å². The number of hydrogen-bond donors (Lipinski definition) is 1. The number of amides is 2. The Hall–Kier alpha value is -2.69. The third-order valence-electron chi connectivity index (χ3n) is 6.03.